The lowest BCUT2D eigenvalue weighted by Crippen LogP contribution is -2.48. The van der Waals surface area contributed by atoms with Crippen molar-refractivity contribution in [3.63, 3.8) is 0 Å². The van der Waals surface area contributed by atoms with Gasteiger partial charge in [0.2, 0.25) is 0 Å². The molecule has 1 fully saturated rings. The molecule has 154 valence electrons. The van der Waals surface area contributed by atoms with E-state index in [1.165, 1.54) is 0 Å². The minimum absolute atomic E-state index is 0.104. The summed E-state index contributed by atoms with van der Waals surface area (Å²) in [5.74, 6) is 0.434. The maximum atomic E-state index is 12.9. The van der Waals surface area contributed by atoms with Gasteiger partial charge in [-0.2, -0.15) is 0 Å². The van der Waals surface area contributed by atoms with Gasteiger partial charge in [-0.25, -0.2) is 14.8 Å². The number of piperazine rings is 1. The smallest absolute Gasteiger partial charge is 0.340 e. The molecule has 0 saturated carbocycles. The first-order chi connectivity index (χ1) is 14.0. The van der Waals surface area contributed by atoms with Crippen LogP contribution >= 0.6 is 0 Å². The van der Waals surface area contributed by atoms with Gasteiger partial charge in [0.1, 0.15) is 17.3 Å². The Balaban J connectivity index is 1.80. The van der Waals surface area contributed by atoms with Gasteiger partial charge >= 0.3 is 5.97 Å². The van der Waals surface area contributed by atoms with E-state index in [1.807, 2.05) is 11.0 Å². The molecule has 1 aliphatic heterocycles. The summed E-state index contributed by atoms with van der Waals surface area (Å²) < 4.78 is 5.11. The highest BCUT2D eigenvalue weighted by Gasteiger charge is 2.23. The first-order valence-corrected chi connectivity index (χ1v) is 9.92. The molecular weight excluding hydrogens is 370 g/mol. The lowest BCUT2D eigenvalue weighted by molar-refractivity contribution is 0.0527. The number of hydrogen-bond donors (Lipinski definition) is 1. The average molecular weight is 397 g/mol. The highest BCUT2D eigenvalue weighted by Crippen LogP contribution is 2.21. The van der Waals surface area contributed by atoms with Gasteiger partial charge in [0.25, 0.3) is 5.91 Å². The molecule has 8 heteroatoms. The van der Waals surface area contributed by atoms with Crippen LogP contribution in [-0.2, 0) is 4.74 Å². The number of benzene rings is 1. The van der Waals surface area contributed by atoms with E-state index in [0.717, 1.165) is 19.6 Å². The van der Waals surface area contributed by atoms with E-state index in [2.05, 4.69) is 27.1 Å². The van der Waals surface area contributed by atoms with Crippen LogP contribution in [0.4, 0.5) is 11.5 Å². The van der Waals surface area contributed by atoms with Crippen LogP contribution in [0.1, 0.15) is 40.5 Å². The molecule has 2 heterocycles. The molecular formula is C21H27N5O3. The summed E-state index contributed by atoms with van der Waals surface area (Å²) in [4.78, 5) is 38.0. The summed E-state index contributed by atoms with van der Waals surface area (Å²) in [6.07, 6.45) is 0. The molecule has 29 heavy (non-hydrogen) atoms. The van der Waals surface area contributed by atoms with Crippen molar-refractivity contribution in [1.29, 1.82) is 0 Å². The van der Waals surface area contributed by atoms with Gasteiger partial charge < -0.3 is 19.9 Å². The number of aryl methyl sites for hydroxylation is 1. The van der Waals surface area contributed by atoms with Crippen LogP contribution < -0.4 is 5.32 Å². The lowest BCUT2D eigenvalue weighted by atomic mass is 10.1. The van der Waals surface area contributed by atoms with Crippen LogP contribution in [0.25, 0.3) is 0 Å². The Morgan fingerprint density at radius 1 is 1.10 bits per heavy atom. The Kier molecular flexibility index (Phi) is 6.77. The van der Waals surface area contributed by atoms with Crippen molar-refractivity contribution < 1.29 is 14.3 Å². The molecule has 1 aromatic carbocycles. The van der Waals surface area contributed by atoms with E-state index in [0.29, 0.717) is 48.3 Å². The number of hydrogen-bond acceptors (Lipinski definition) is 7. The number of para-hydroxylation sites is 1. The van der Waals surface area contributed by atoms with E-state index in [9.17, 15) is 9.59 Å². The van der Waals surface area contributed by atoms with Crippen LogP contribution in [0.3, 0.4) is 0 Å². The minimum Gasteiger partial charge on any atom is -0.462 e. The topological polar surface area (TPSA) is 87.7 Å². The largest absolute Gasteiger partial charge is 0.462 e. The first-order valence-electron chi connectivity index (χ1n) is 9.92. The van der Waals surface area contributed by atoms with E-state index in [-0.39, 0.29) is 5.91 Å². The number of rotatable bonds is 6. The van der Waals surface area contributed by atoms with Gasteiger partial charge in [0.05, 0.1) is 17.9 Å². The fraction of sp³-hybridized carbons (Fsp3) is 0.429. The monoisotopic (exact) mass is 397 g/mol. The normalized spacial score (nSPS) is 14.5. The highest BCUT2D eigenvalue weighted by atomic mass is 16.5. The second-order valence-electron chi connectivity index (χ2n) is 6.80. The molecule has 0 aliphatic carbocycles. The standard InChI is InChI=1S/C21H27N5O3/c1-4-25-10-12-26(13-11-25)20(27)18-14-19(23-15(3)22-18)24-17-9-7-6-8-16(17)21(28)29-5-2/h6-9,14H,4-5,10-13H2,1-3H3,(H,22,23,24). The van der Waals surface area contributed by atoms with Gasteiger partial charge in [-0.1, -0.05) is 19.1 Å². The summed E-state index contributed by atoms with van der Waals surface area (Å²) in [7, 11) is 0. The van der Waals surface area contributed by atoms with E-state index in [1.54, 1.807) is 38.1 Å². The summed E-state index contributed by atoms with van der Waals surface area (Å²) in [5, 5.41) is 3.14. The number of ether oxygens (including phenoxy) is 1. The molecule has 0 atom stereocenters. The Morgan fingerprint density at radius 3 is 2.52 bits per heavy atom. The van der Waals surface area contributed by atoms with Crippen molar-refractivity contribution >= 4 is 23.4 Å². The average Bonchev–Trinajstić information content (AvgIpc) is 2.73. The molecule has 0 spiro atoms. The van der Waals surface area contributed by atoms with Crippen molar-refractivity contribution in [2.24, 2.45) is 0 Å². The molecule has 8 nitrogen and oxygen atoms in total. The van der Waals surface area contributed by atoms with Gasteiger partial charge in [-0.3, -0.25) is 4.79 Å². The lowest BCUT2D eigenvalue weighted by Gasteiger charge is -2.33. The third-order valence-electron chi connectivity index (χ3n) is 4.85. The molecule has 1 aromatic heterocycles. The number of aromatic nitrogens is 2. The predicted molar refractivity (Wildman–Crippen MR) is 110 cm³/mol. The zero-order valence-electron chi connectivity index (χ0n) is 17.1. The SMILES string of the molecule is CCOC(=O)c1ccccc1Nc1cc(C(=O)N2CCN(CC)CC2)nc(C)n1. The molecule has 0 bridgehead atoms. The predicted octanol–water partition coefficient (Wildman–Crippen LogP) is 2.48. The number of esters is 1. The highest BCUT2D eigenvalue weighted by molar-refractivity contribution is 5.97. The number of amides is 1. The number of likely N-dealkylation sites (N-methyl/N-ethyl adjacent to an activating group) is 1. The third-order valence-corrected chi connectivity index (χ3v) is 4.85. The Labute approximate surface area is 170 Å². The van der Waals surface area contributed by atoms with E-state index < -0.39 is 5.97 Å². The third kappa shape index (κ3) is 5.08. The number of anilines is 2. The van der Waals surface area contributed by atoms with Crippen LogP contribution in [0, 0.1) is 6.92 Å². The zero-order valence-corrected chi connectivity index (χ0v) is 17.1. The van der Waals surface area contributed by atoms with Crippen LogP contribution in [0.15, 0.2) is 30.3 Å². The molecule has 3 rings (SSSR count). The minimum atomic E-state index is -0.411. The summed E-state index contributed by atoms with van der Waals surface area (Å²) >= 11 is 0. The van der Waals surface area contributed by atoms with Crippen molar-refractivity contribution in [2.45, 2.75) is 20.8 Å². The second kappa shape index (κ2) is 9.47. The van der Waals surface area contributed by atoms with E-state index in [4.69, 9.17) is 4.74 Å². The Bertz CT molecular complexity index is 878. The van der Waals surface area contributed by atoms with Crippen LogP contribution in [0.5, 0.6) is 0 Å². The molecule has 0 radical (unpaired) electrons. The number of nitrogens with one attached hydrogen (secondary N) is 1. The zero-order chi connectivity index (χ0) is 20.8. The van der Waals surface area contributed by atoms with Gasteiger partial charge in [-0.15, -0.1) is 0 Å². The first kappa shape index (κ1) is 20.7. The Hall–Kier alpha value is -3.00. The number of carbonyl (C=O) groups is 2. The summed E-state index contributed by atoms with van der Waals surface area (Å²) in [5.41, 5.74) is 1.33. The second-order valence-corrected chi connectivity index (χ2v) is 6.80. The van der Waals surface area contributed by atoms with Crippen molar-refractivity contribution in [2.75, 3.05) is 44.6 Å². The van der Waals surface area contributed by atoms with Crippen LogP contribution in [0.2, 0.25) is 0 Å². The van der Waals surface area contributed by atoms with E-state index >= 15 is 0 Å². The van der Waals surface area contributed by atoms with Gasteiger partial charge in [0, 0.05) is 32.2 Å². The summed E-state index contributed by atoms with van der Waals surface area (Å²) in [6, 6.07) is 8.68. The van der Waals surface area contributed by atoms with Crippen LogP contribution in [-0.4, -0.2) is 71.0 Å². The maximum Gasteiger partial charge on any atom is 0.340 e. The fourth-order valence-corrected chi connectivity index (χ4v) is 3.29. The summed E-state index contributed by atoms with van der Waals surface area (Å²) in [6.45, 7) is 10.0. The van der Waals surface area contributed by atoms with Gasteiger partial charge in [0.15, 0.2) is 0 Å². The number of carbonyl (C=O) groups excluding carboxylic acids is 2. The van der Waals surface area contributed by atoms with Crippen molar-refractivity contribution in [3.8, 4) is 0 Å². The van der Waals surface area contributed by atoms with Crippen molar-refractivity contribution in [1.82, 2.24) is 19.8 Å². The molecule has 2 aromatic rings. The molecule has 0 unspecified atom stereocenters. The number of nitrogens with zero attached hydrogens (tertiary/aromatic N) is 4. The Morgan fingerprint density at radius 2 is 1.83 bits per heavy atom. The molecule has 1 saturated heterocycles. The maximum absolute atomic E-state index is 12.9. The molecule has 1 N–H and O–H groups in total. The fourth-order valence-electron chi connectivity index (χ4n) is 3.29. The molecule has 1 amide bonds. The van der Waals surface area contributed by atoms with Gasteiger partial charge in [-0.05, 0) is 32.5 Å². The quantitative estimate of drug-likeness (QED) is 0.749. The van der Waals surface area contributed by atoms with Crippen molar-refractivity contribution in [3.05, 3.63) is 47.4 Å². The molecule has 1 aliphatic rings.